The van der Waals surface area contributed by atoms with Crippen LogP contribution in [-0.4, -0.2) is 36.0 Å². The van der Waals surface area contributed by atoms with Crippen LogP contribution in [0.4, 0.5) is 17.2 Å². The Labute approximate surface area is 191 Å². The van der Waals surface area contributed by atoms with E-state index < -0.39 is 16.1 Å². The van der Waals surface area contributed by atoms with Crippen LogP contribution in [0.5, 0.6) is 0 Å². The summed E-state index contributed by atoms with van der Waals surface area (Å²) >= 11 is 0. The Morgan fingerprint density at radius 2 is 1.67 bits per heavy atom. The molecule has 1 aromatic heterocycles. The Morgan fingerprint density at radius 1 is 0.970 bits per heavy atom. The number of rotatable bonds is 6. The third-order valence-corrected chi connectivity index (χ3v) is 6.11. The van der Waals surface area contributed by atoms with Gasteiger partial charge in [0.1, 0.15) is 11.6 Å². The number of hydrogen-bond donors (Lipinski definition) is 1. The van der Waals surface area contributed by atoms with Crippen LogP contribution in [0.15, 0.2) is 80.9 Å². The number of amides is 1. The van der Waals surface area contributed by atoms with Gasteiger partial charge in [-0.1, -0.05) is 18.2 Å². The van der Waals surface area contributed by atoms with E-state index in [2.05, 4.69) is 30.0 Å². The van der Waals surface area contributed by atoms with Gasteiger partial charge in [-0.2, -0.15) is 20.3 Å². The van der Waals surface area contributed by atoms with Gasteiger partial charge in [-0.3, -0.25) is 9.52 Å². The molecule has 168 valence electrons. The van der Waals surface area contributed by atoms with Gasteiger partial charge in [0.25, 0.3) is 15.9 Å². The minimum atomic E-state index is -3.84. The Hall–Kier alpha value is -3.99. The lowest BCUT2D eigenvalue weighted by Crippen LogP contribution is -2.29. The quantitative estimate of drug-likeness (QED) is 0.556. The molecule has 0 saturated carbocycles. The van der Waals surface area contributed by atoms with Crippen molar-refractivity contribution in [2.24, 2.45) is 15.3 Å². The number of aryl methyl sites for hydroxylation is 2. The van der Waals surface area contributed by atoms with E-state index in [0.29, 0.717) is 28.6 Å². The number of anilines is 2. The molecule has 1 aliphatic heterocycles. The van der Waals surface area contributed by atoms with Crippen LogP contribution in [0.1, 0.15) is 18.4 Å². The van der Waals surface area contributed by atoms with Crippen molar-refractivity contribution < 1.29 is 13.2 Å². The van der Waals surface area contributed by atoms with Gasteiger partial charge in [-0.05, 0) is 57.2 Å². The van der Waals surface area contributed by atoms with Crippen molar-refractivity contribution >= 4 is 38.8 Å². The van der Waals surface area contributed by atoms with Gasteiger partial charge < -0.3 is 0 Å². The van der Waals surface area contributed by atoms with Crippen LogP contribution in [0, 0.1) is 13.8 Å². The number of hydrogen-bond acceptors (Lipinski definition) is 8. The van der Waals surface area contributed by atoms with Crippen LogP contribution < -0.4 is 9.73 Å². The fourth-order valence-corrected chi connectivity index (χ4v) is 4.22. The number of aromatic nitrogens is 2. The van der Waals surface area contributed by atoms with Gasteiger partial charge in [-0.25, -0.2) is 18.4 Å². The molecule has 4 rings (SSSR count). The fraction of sp³-hybridized carbons (Fsp3) is 0.182. The Kier molecular flexibility index (Phi) is 5.97. The standard InChI is InChI=1S/C22H21N7O3S/c1-14-13-20(24-16(3)23-14)28-33(31,32)19-11-9-17(10-12-19)25-26-21-15(2)27-29(22(21)30)18-7-5-4-6-8-18/h4-13,21H,1-3H3,(H,23,24,28)/t21-/m1/s1. The number of nitrogens with one attached hydrogen (secondary N) is 1. The molecule has 33 heavy (non-hydrogen) atoms. The number of para-hydroxylation sites is 1. The van der Waals surface area contributed by atoms with E-state index in [-0.39, 0.29) is 16.6 Å². The summed E-state index contributed by atoms with van der Waals surface area (Å²) in [6, 6.07) is 15.6. The number of carbonyl (C=O) groups excluding carboxylic acids is 1. The predicted molar refractivity (Wildman–Crippen MR) is 124 cm³/mol. The molecule has 1 amide bonds. The number of hydrazone groups is 1. The smallest absolute Gasteiger partial charge is 0.269 e. The maximum absolute atomic E-state index is 12.7. The highest BCUT2D eigenvalue weighted by molar-refractivity contribution is 7.92. The zero-order valence-corrected chi connectivity index (χ0v) is 19.0. The molecule has 0 radical (unpaired) electrons. The van der Waals surface area contributed by atoms with Crippen molar-refractivity contribution in [3.05, 3.63) is 72.2 Å². The van der Waals surface area contributed by atoms with Gasteiger partial charge in [-0.15, -0.1) is 0 Å². The zero-order chi connectivity index (χ0) is 23.6. The predicted octanol–water partition coefficient (Wildman–Crippen LogP) is 3.77. The Bertz CT molecular complexity index is 1330. The fourth-order valence-electron chi connectivity index (χ4n) is 3.23. The normalized spacial score (nSPS) is 16.3. The molecule has 0 spiro atoms. The first-order chi connectivity index (χ1) is 15.7. The highest BCUT2D eigenvalue weighted by atomic mass is 32.2. The van der Waals surface area contributed by atoms with E-state index in [9.17, 15) is 13.2 Å². The summed E-state index contributed by atoms with van der Waals surface area (Å²) in [5.74, 6) is 0.358. The van der Waals surface area contributed by atoms with Crippen molar-refractivity contribution in [2.45, 2.75) is 31.7 Å². The summed E-state index contributed by atoms with van der Waals surface area (Å²) in [5, 5.41) is 13.8. The SMILES string of the molecule is CC1=NN(c2ccccc2)C(=O)[C@@H]1N=Nc1ccc(S(=O)(=O)Nc2cc(C)nc(C)n2)cc1. The summed E-state index contributed by atoms with van der Waals surface area (Å²) in [4.78, 5) is 21.0. The largest absolute Gasteiger partial charge is 0.280 e. The lowest BCUT2D eigenvalue weighted by molar-refractivity contribution is -0.117. The van der Waals surface area contributed by atoms with Crippen LogP contribution in [0.2, 0.25) is 0 Å². The third kappa shape index (κ3) is 4.93. The van der Waals surface area contributed by atoms with E-state index in [0.717, 1.165) is 0 Å². The molecule has 2 heterocycles. The van der Waals surface area contributed by atoms with Gasteiger partial charge in [0.15, 0.2) is 6.04 Å². The molecule has 1 atom stereocenters. The highest BCUT2D eigenvalue weighted by Crippen LogP contribution is 2.24. The summed E-state index contributed by atoms with van der Waals surface area (Å²) in [6.45, 7) is 5.15. The van der Waals surface area contributed by atoms with Gasteiger partial charge in [0, 0.05) is 11.8 Å². The highest BCUT2D eigenvalue weighted by Gasteiger charge is 2.34. The second-order valence-corrected chi connectivity index (χ2v) is 9.07. The van der Waals surface area contributed by atoms with Crippen molar-refractivity contribution in [1.29, 1.82) is 0 Å². The molecular formula is C22H21N7O3S. The molecule has 2 aromatic carbocycles. The molecule has 0 aliphatic carbocycles. The van der Waals surface area contributed by atoms with Crippen LogP contribution in [0.3, 0.4) is 0 Å². The maximum Gasteiger partial charge on any atom is 0.280 e. The van der Waals surface area contributed by atoms with Crippen LogP contribution in [0.25, 0.3) is 0 Å². The number of benzene rings is 2. The van der Waals surface area contributed by atoms with E-state index in [1.54, 1.807) is 39.0 Å². The van der Waals surface area contributed by atoms with Crippen LogP contribution in [-0.2, 0) is 14.8 Å². The van der Waals surface area contributed by atoms with E-state index in [4.69, 9.17) is 0 Å². The van der Waals surface area contributed by atoms with Crippen molar-refractivity contribution in [3.63, 3.8) is 0 Å². The Balaban J connectivity index is 1.47. The second kappa shape index (κ2) is 8.87. The average molecular weight is 464 g/mol. The molecule has 0 saturated heterocycles. The Morgan fingerprint density at radius 3 is 2.33 bits per heavy atom. The topological polar surface area (TPSA) is 129 Å². The maximum atomic E-state index is 12.7. The van der Waals surface area contributed by atoms with Gasteiger partial charge in [0.05, 0.1) is 22.0 Å². The lowest BCUT2D eigenvalue weighted by Gasteiger charge is -2.11. The average Bonchev–Trinajstić information content (AvgIpc) is 3.05. The second-order valence-electron chi connectivity index (χ2n) is 7.39. The lowest BCUT2D eigenvalue weighted by atomic mass is 10.2. The molecule has 0 unspecified atom stereocenters. The first-order valence-corrected chi connectivity index (χ1v) is 11.5. The van der Waals surface area contributed by atoms with E-state index in [1.165, 1.54) is 29.3 Å². The summed E-state index contributed by atoms with van der Waals surface area (Å²) in [5.41, 5.74) is 2.23. The molecule has 1 aliphatic rings. The van der Waals surface area contributed by atoms with E-state index in [1.807, 2.05) is 18.2 Å². The van der Waals surface area contributed by atoms with E-state index >= 15 is 0 Å². The molecule has 3 aromatic rings. The monoisotopic (exact) mass is 463 g/mol. The molecule has 0 bridgehead atoms. The van der Waals surface area contributed by atoms with Gasteiger partial charge in [0.2, 0.25) is 0 Å². The minimum absolute atomic E-state index is 0.0420. The first-order valence-electron chi connectivity index (χ1n) is 10.0. The molecule has 0 fully saturated rings. The number of azo groups is 1. The molecule has 11 heteroatoms. The summed E-state index contributed by atoms with van der Waals surface area (Å²) < 4.78 is 27.8. The number of carbonyl (C=O) groups is 1. The molecule has 10 nitrogen and oxygen atoms in total. The van der Waals surface area contributed by atoms with Crippen molar-refractivity contribution in [2.75, 3.05) is 9.73 Å². The van der Waals surface area contributed by atoms with Crippen LogP contribution >= 0.6 is 0 Å². The number of nitrogens with zero attached hydrogens (tertiary/aromatic N) is 6. The van der Waals surface area contributed by atoms with Crippen molar-refractivity contribution in [3.8, 4) is 0 Å². The first kappa shape index (κ1) is 22.2. The summed E-state index contributed by atoms with van der Waals surface area (Å²) in [7, 11) is -3.84. The summed E-state index contributed by atoms with van der Waals surface area (Å²) in [6.07, 6.45) is 0. The third-order valence-electron chi connectivity index (χ3n) is 4.74. The molecular weight excluding hydrogens is 442 g/mol. The minimum Gasteiger partial charge on any atom is -0.269 e. The van der Waals surface area contributed by atoms with Crippen molar-refractivity contribution in [1.82, 2.24) is 9.97 Å². The molecule has 1 N–H and O–H groups in total. The zero-order valence-electron chi connectivity index (χ0n) is 18.2. The van der Waals surface area contributed by atoms with Gasteiger partial charge >= 0.3 is 0 Å². The number of sulfonamides is 1.